The van der Waals surface area contributed by atoms with Crippen LogP contribution in [0.15, 0.2) is 84.7 Å². The second kappa shape index (κ2) is 38.3. The number of hydrogen-bond donors (Lipinski definition) is 1. The summed E-state index contributed by atoms with van der Waals surface area (Å²) in [6, 6.07) is 14.7. The Morgan fingerprint density at radius 3 is 1.17 bits per heavy atom. The summed E-state index contributed by atoms with van der Waals surface area (Å²) in [5.74, 6) is 4.22. The molecule has 4 aliphatic rings. The van der Waals surface area contributed by atoms with Gasteiger partial charge in [-0.05, 0) is 163 Å². The van der Waals surface area contributed by atoms with Crippen LogP contribution in [0.2, 0.25) is 0 Å². The number of aromatic nitrogens is 2. The zero-order valence-electron chi connectivity index (χ0n) is 57.6. The number of nitrogens with one attached hydrogen (secondary N) is 1. The number of fused-ring (bicyclic) bond motifs is 18. The first-order valence-electron chi connectivity index (χ1n) is 37.3. The van der Waals surface area contributed by atoms with Crippen molar-refractivity contribution < 1.29 is 21.0 Å². The standard InChI is InChI=1S/C80H116N8.O.V/c1-9-17-25-33-41-57-49-50-58(42-34-26-18-10-2)66-65(57)73-81-74(66)86-76-69-61(45-37-29-21-13-5)53-54-62(46-38-30-22-14-6)70(69)78(83-76)88-80-72-64(48-40-32-24-16-8)56-55-63(47-39-31-23-15-7)71(72)79(84-80)87-77-68-60(44-36-28-20-12-4)52-51-59(43-35-27-19-11-3)67(68)75(82-77)85-73;;/h49-56,65-66,79,87H,9-48H2,1-8H3;;/q-2;;+2. The van der Waals surface area contributed by atoms with Crippen molar-refractivity contribution in [2.75, 3.05) is 5.32 Å². The van der Waals surface area contributed by atoms with E-state index in [0.29, 0.717) is 0 Å². The van der Waals surface area contributed by atoms with Crippen LogP contribution in [0.5, 0.6) is 0 Å². The van der Waals surface area contributed by atoms with E-state index in [-0.39, 0.29) is 18.0 Å². The molecular formula is C80H116N8OV. The summed E-state index contributed by atoms with van der Waals surface area (Å²) in [7, 11) is 0. The van der Waals surface area contributed by atoms with Crippen molar-refractivity contribution in [3.8, 4) is 0 Å². The number of unbranched alkanes of at least 4 members (excludes halogenated alkanes) is 24. The Hall–Kier alpha value is -4.99. The summed E-state index contributed by atoms with van der Waals surface area (Å²) in [4.78, 5) is 41.6. The summed E-state index contributed by atoms with van der Waals surface area (Å²) in [6.45, 7) is 18.6. The van der Waals surface area contributed by atoms with E-state index < -0.39 is 0 Å². The van der Waals surface area contributed by atoms with Gasteiger partial charge < -0.3 is 30.3 Å². The molecule has 0 fully saturated rings. The molecule has 0 spiro atoms. The first-order chi connectivity index (χ1) is 44.4. The van der Waals surface area contributed by atoms with Crippen molar-refractivity contribution in [1.82, 2.24) is 9.97 Å². The van der Waals surface area contributed by atoms with E-state index in [0.717, 1.165) is 160 Å². The Kier molecular flexibility index (Phi) is 30.1. The molecule has 0 saturated heterocycles. The first kappa shape index (κ1) is 70.9. The average Bonchev–Trinajstić information content (AvgIpc) is 1.59. The number of hydrogen-bond acceptors (Lipinski definition) is 7. The number of anilines is 1. The molecule has 8 bridgehead atoms. The third-order valence-corrected chi connectivity index (χ3v) is 20.1. The van der Waals surface area contributed by atoms with Crippen LogP contribution in [0.3, 0.4) is 0 Å². The quantitative estimate of drug-likeness (QED) is 0.0393. The van der Waals surface area contributed by atoms with E-state index in [1.807, 2.05) is 0 Å². The van der Waals surface area contributed by atoms with Crippen LogP contribution in [0.25, 0.3) is 21.5 Å². The third-order valence-electron chi connectivity index (χ3n) is 20.1. The van der Waals surface area contributed by atoms with E-state index in [9.17, 15) is 0 Å². The molecule has 3 unspecified atom stereocenters. The molecule has 90 heavy (non-hydrogen) atoms. The van der Waals surface area contributed by atoms with E-state index in [2.05, 4.69) is 109 Å². The van der Waals surface area contributed by atoms with Gasteiger partial charge in [0.1, 0.15) is 6.17 Å². The molecule has 0 saturated carbocycles. The Morgan fingerprint density at radius 1 is 0.367 bits per heavy atom. The van der Waals surface area contributed by atoms with Crippen LogP contribution in [0, 0.1) is 11.8 Å². The first-order valence-corrected chi connectivity index (χ1v) is 37.9. The number of nitrogens with zero attached hydrogens (tertiary/aromatic N) is 7. The molecule has 3 aliphatic heterocycles. The van der Waals surface area contributed by atoms with Gasteiger partial charge in [0.2, 0.25) is 0 Å². The molecule has 0 amide bonds. The van der Waals surface area contributed by atoms with Gasteiger partial charge in [0.05, 0.1) is 17.5 Å². The second-order valence-corrected chi connectivity index (χ2v) is 27.1. The van der Waals surface area contributed by atoms with E-state index >= 15 is 0 Å². The van der Waals surface area contributed by atoms with Crippen LogP contribution in [-0.2, 0) is 59.6 Å². The van der Waals surface area contributed by atoms with Crippen LogP contribution < -0.4 is 26.3 Å². The number of aliphatic imine (C=N–C) groups is 3. The number of aryl methyl sites for hydroxylation is 6. The molecule has 0 radical (unpaired) electrons. The molecule has 5 heterocycles. The predicted octanol–water partition coefficient (Wildman–Crippen LogP) is 21.8. The van der Waals surface area contributed by atoms with Gasteiger partial charge in [-0.25, -0.2) is 0 Å². The number of amidine groups is 3. The van der Waals surface area contributed by atoms with E-state index in [1.165, 1.54) is 231 Å². The maximum absolute atomic E-state index is 8.19. The second-order valence-electron chi connectivity index (χ2n) is 27.1. The molecule has 3 atom stereocenters. The Labute approximate surface area is 554 Å². The molecular weight excluding hydrogens is 1140 g/mol. The van der Waals surface area contributed by atoms with Crippen molar-refractivity contribution in [1.29, 1.82) is 0 Å². The van der Waals surface area contributed by atoms with Gasteiger partial charge in [0, 0.05) is 40.0 Å². The molecule has 9 rings (SSSR count). The number of allylic oxidation sites excluding steroid dienone is 2. The van der Waals surface area contributed by atoms with Crippen LogP contribution >= 0.6 is 0 Å². The van der Waals surface area contributed by atoms with Gasteiger partial charge in [-0.2, -0.15) is 0 Å². The Morgan fingerprint density at radius 2 is 0.722 bits per heavy atom. The summed E-state index contributed by atoms with van der Waals surface area (Å²) < 4.78 is 8.19. The number of benzene rings is 3. The summed E-state index contributed by atoms with van der Waals surface area (Å²) in [5.41, 5.74) is 15.1. The Bertz CT molecular complexity index is 3350. The van der Waals surface area contributed by atoms with Crippen molar-refractivity contribution in [3.05, 3.63) is 115 Å². The van der Waals surface area contributed by atoms with Gasteiger partial charge in [-0.3, -0.25) is 9.98 Å². The molecule has 5 aromatic rings. The van der Waals surface area contributed by atoms with Crippen molar-refractivity contribution in [2.45, 2.75) is 318 Å². The normalized spacial score (nSPS) is 17.2. The Balaban J connectivity index is 0.00000517. The predicted molar refractivity (Wildman–Crippen MR) is 379 cm³/mol. The van der Waals surface area contributed by atoms with Gasteiger partial charge in [-0.15, -0.1) is 0 Å². The van der Waals surface area contributed by atoms with E-state index in [4.69, 9.17) is 38.6 Å². The number of rotatable bonds is 40. The van der Waals surface area contributed by atoms with Gasteiger partial charge in [-0.1, -0.05) is 269 Å². The van der Waals surface area contributed by atoms with E-state index in [1.54, 1.807) is 0 Å². The SMILES string of the molecule is CCCCCCC1=CC=C(CCCCCC)C2/C3=N/c4[n-]c(c5c(CCCCCC)ccc(CCCCCC)c45)NC4N=C(N=c5[n-]c(c6c(CCCCCC)ccc(CCCCCC)c56)=NC(=N3)C12)c1c(CCCCCC)ccc(CCCCCC)c14.[O]=[V+2]. The topological polar surface area (TPSA) is 119 Å². The molecule has 10 heteroatoms. The molecule has 1 aliphatic carbocycles. The molecule has 3 aromatic carbocycles. The average molecular weight is 1260 g/mol. The van der Waals surface area contributed by atoms with Crippen molar-refractivity contribution in [3.63, 3.8) is 0 Å². The van der Waals surface area contributed by atoms with Gasteiger partial charge >= 0.3 is 21.0 Å². The summed E-state index contributed by atoms with van der Waals surface area (Å²) in [6.07, 6.45) is 51.2. The van der Waals surface area contributed by atoms with Gasteiger partial charge in [0.25, 0.3) is 0 Å². The molecule has 9 nitrogen and oxygen atoms in total. The van der Waals surface area contributed by atoms with Crippen molar-refractivity contribution >= 4 is 50.7 Å². The maximum atomic E-state index is 8.19. The fourth-order valence-electron chi connectivity index (χ4n) is 15.0. The summed E-state index contributed by atoms with van der Waals surface area (Å²) in [5, 5.41) is 9.07. The zero-order valence-corrected chi connectivity index (χ0v) is 59.0. The minimum atomic E-state index is -0.386. The zero-order chi connectivity index (χ0) is 63.5. The van der Waals surface area contributed by atoms with Crippen LogP contribution in [-0.4, -0.2) is 17.5 Å². The fraction of sp³-hybridized carbons (Fsp3) is 0.637. The van der Waals surface area contributed by atoms with Crippen molar-refractivity contribution in [2.24, 2.45) is 36.8 Å². The fourth-order valence-corrected chi connectivity index (χ4v) is 15.0. The summed E-state index contributed by atoms with van der Waals surface area (Å²) >= 11 is 1.06. The monoisotopic (exact) mass is 1260 g/mol. The molecule has 2 aromatic heterocycles. The minimum absolute atomic E-state index is 0.0249. The van der Waals surface area contributed by atoms with Crippen LogP contribution in [0.1, 0.15) is 324 Å². The molecule has 487 valence electrons. The van der Waals surface area contributed by atoms with Crippen LogP contribution in [0.4, 0.5) is 11.6 Å². The molecule has 1 N–H and O–H groups in total. The third kappa shape index (κ3) is 18.2. The van der Waals surface area contributed by atoms with Gasteiger partial charge in [0.15, 0.2) is 0 Å².